The quantitative estimate of drug-likeness (QED) is 0.557. The number of nitrogens with zero attached hydrogens (tertiary/aromatic N) is 4. The zero-order valence-electron chi connectivity index (χ0n) is 19.9. The van der Waals surface area contributed by atoms with Crippen molar-refractivity contribution in [2.24, 2.45) is 5.92 Å². The lowest BCUT2D eigenvalue weighted by molar-refractivity contribution is -0.143. The van der Waals surface area contributed by atoms with Crippen molar-refractivity contribution in [3.8, 4) is 0 Å². The third kappa shape index (κ3) is 5.17. The Morgan fingerprint density at radius 1 is 1.15 bits per heavy atom. The highest BCUT2D eigenvalue weighted by atomic mass is 16.5. The van der Waals surface area contributed by atoms with E-state index in [1.807, 2.05) is 47.1 Å². The van der Waals surface area contributed by atoms with Gasteiger partial charge < -0.3 is 15.0 Å². The molecule has 8 nitrogen and oxygen atoms in total. The number of ether oxygens (including phenoxy) is 1. The maximum atomic E-state index is 13.4. The molecule has 0 radical (unpaired) electrons. The predicted octanol–water partition coefficient (Wildman–Crippen LogP) is 3.14. The molecule has 3 heterocycles. The van der Waals surface area contributed by atoms with Crippen LogP contribution in [0, 0.1) is 5.92 Å². The minimum atomic E-state index is -0.684. The topological polar surface area (TPSA) is 89.3 Å². The summed E-state index contributed by atoms with van der Waals surface area (Å²) in [4.78, 5) is 32.4. The van der Waals surface area contributed by atoms with Crippen LogP contribution in [0.2, 0.25) is 0 Å². The summed E-state index contributed by atoms with van der Waals surface area (Å²) >= 11 is 0. The van der Waals surface area contributed by atoms with Crippen LogP contribution in [0.1, 0.15) is 52.8 Å². The van der Waals surface area contributed by atoms with Gasteiger partial charge in [0.2, 0.25) is 0 Å². The normalized spacial score (nSPS) is 14.1. The largest absolute Gasteiger partial charge is 0.367 e. The molecule has 1 atom stereocenters. The molecule has 0 fully saturated rings. The summed E-state index contributed by atoms with van der Waals surface area (Å²) in [7, 11) is 1.54. The van der Waals surface area contributed by atoms with Crippen molar-refractivity contribution < 1.29 is 14.3 Å². The summed E-state index contributed by atoms with van der Waals surface area (Å²) in [6.45, 7) is 6.21. The van der Waals surface area contributed by atoms with Crippen molar-refractivity contribution in [2.75, 3.05) is 13.7 Å². The first kappa shape index (κ1) is 23.6. The lowest BCUT2D eigenvalue weighted by Crippen LogP contribution is -2.40. The molecule has 178 valence electrons. The van der Waals surface area contributed by atoms with Gasteiger partial charge in [0.15, 0.2) is 11.8 Å². The zero-order chi connectivity index (χ0) is 24.1. The molecule has 0 aliphatic carbocycles. The van der Waals surface area contributed by atoms with Crippen LogP contribution >= 0.6 is 0 Å². The third-order valence-electron chi connectivity index (χ3n) is 5.94. The molecule has 0 saturated heterocycles. The van der Waals surface area contributed by atoms with Gasteiger partial charge in [-0.25, -0.2) is 0 Å². The number of fused-ring (bicyclic) bond motifs is 1. The maximum Gasteiger partial charge on any atom is 0.272 e. The smallest absolute Gasteiger partial charge is 0.272 e. The second kappa shape index (κ2) is 10.6. The Morgan fingerprint density at radius 3 is 2.62 bits per heavy atom. The highest BCUT2D eigenvalue weighted by Crippen LogP contribution is 2.27. The Bertz CT molecular complexity index is 1130. The van der Waals surface area contributed by atoms with E-state index in [2.05, 4.69) is 29.2 Å². The van der Waals surface area contributed by atoms with Gasteiger partial charge in [0.05, 0.1) is 0 Å². The Labute approximate surface area is 199 Å². The predicted molar refractivity (Wildman–Crippen MR) is 128 cm³/mol. The van der Waals surface area contributed by atoms with Gasteiger partial charge in [-0.15, -0.1) is 0 Å². The van der Waals surface area contributed by atoms with E-state index in [0.717, 1.165) is 28.9 Å². The van der Waals surface area contributed by atoms with Crippen LogP contribution in [-0.4, -0.2) is 45.1 Å². The Morgan fingerprint density at radius 2 is 1.94 bits per heavy atom. The van der Waals surface area contributed by atoms with E-state index in [4.69, 9.17) is 4.74 Å². The number of hydrogen-bond donors (Lipinski definition) is 1. The number of hydrogen-bond acceptors (Lipinski definition) is 5. The van der Waals surface area contributed by atoms with Gasteiger partial charge in [0, 0.05) is 63.4 Å². The molecule has 1 N–H and O–H groups in total. The molecule has 0 spiro atoms. The minimum Gasteiger partial charge on any atom is -0.367 e. The van der Waals surface area contributed by atoms with Gasteiger partial charge in [-0.2, -0.15) is 5.10 Å². The second-order valence-corrected chi connectivity index (χ2v) is 8.93. The monoisotopic (exact) mass is 461 g/mol. The van der Waals surface area contributed by atoms with Crippen LogP contribution < -0.4 is 5.32 Å². The van der Waals surface area contributed by atoms with Gasteiger partial charge >= 0.3 is 0 Å². The SMILES string of the molecule is CO[C@@H](C(=O)N1CCc2c(c(C(=O)NCc3cccnc3)nn2CC(C)C)C1)c1ccccc1. The van der Waals surface area contributed by atoms with Crippen molar-refractivity contribution in [3.63, 3.8) is 0 Å². The first-order chi connectivity index (χ1) is 16.5. The molecule has 4 rings (SSSR count). The first-order valence-electron chi connectivity index (χ1n) is 11.6. The standard InChI is InChI=1S/C26H31N5O3/c1-18(2)16-31-22-11-13-30(26(33)24(34-3)20-9-5-4-6-10-20)17-21(22)23(29-31)25(32)28-15-19-8-7-12-27-14-19/h4-10,12,14,18,24H,11,13,15-17H2,1-3H3,(H,28,32)/t24-/m1/s1. The summed E-state index contributed by atoms with van der Waals surface area (Å²) in [5, 5.41) is 7.63. The lowest BCUT2D eigenvalue weighted by Gasteiger charge is -2.31. The summed E-state index contributed by atoms with van der Waals surface area (Å²) in [5.41, 5.74) is 3.94. The maximum absolute atomic E-state index is 13.4. The molecule has 1 aliphatic rings. The lowest BCUT2D eigenvalue weighted by atomic mass is 10.0. The number of aromatic nitrogens is 3. The molecule has 8 heteroatoms. The molecular formula is C26H31N5O3. The summed E-state index contributed by atoms with van der Waals surface area (Å²) in [6.07, 6.45) is 3.38. The highest BCUT2D eigenvalue weighted by molar-refractivity contribution is 5.94. The van der Waals surface area contributed by atoms with E-state index in [1.54, 1.807) is 24.4 Å². The van der Waals surface area contributed by atoms with Crippen LogP contribution in [-0.2, 0) is 35.6 Å². The molecule has 1 aliphatic heterocycles. The minimum absolute atomic E-state index is 0.113. The molecule has 1 aromatic carbocycles. The molecule has 2 amide bonds. The van der Waals surface area contributed by atoms with Crippen molar-refractivity contribution in [3.05, 3.63) is 82.9 Å². The van der Waals surface area contributed by atoms with Crippen molar-refractivity contribution in [2.45, 2.75) is 46.0 Å². The first-order valence-corrected chi connectivity index (χ1v) is 11.6. The van der Waals surface area contributed by atoms with E-state index < -0.39 is 6.10 Å². The summed E-state index contributed by atoms with van der Waals surface area (Å²) < 4.78 is 7.50. The van der Waals surface area contributed by atoms with E-state index in [9.17, 15) is 9.59 Å². The number of carbonyl (C=O) groups excluding carboxylic acids is 2. The van der Waals surface area contributed by atoms with Crippen molar-refractivity contribution in [1.29, 1.82) is 0 Å². The molecule has 34 heavy (non-hydrogen) atoms. The number of nitrogens with one attached hydrogen (secondary N) is 1. The molecule has 0 bridgehead atoms. The average Bonchev–Trinajstić information content (AvgIpc) is 3.21. The van der Waals surface area contributed by atoms with Crippen LogP contribution in [0.4, 0.5) is 0 Å². The molecule has 2 aromatic heterocycles. The van der Waals surface area contributed by atoms with Crippen LogP contribution in [0.5, 0.6) is 0 Å². The number of carbonyl (C=O) groups is 2. The zero-order valence-corrected chi connectivity index (χ0v) is 19.9. The number of benzene rings is 1. The van der Waals surface area contributed by atoms with E-state index in [-0.39, 0.29) is 11.8 Å². The van der Waals surface area contributed by atoms with Crippen molar-refractivity contribution in [1.82, 2.24) is 25.0 Å². The fraction of sp³-hybridized carbons (Fsp3) is 0.385. The van der Waals surface area contributed by atoms with Crippen LogP contribution in [0.15, 0.2) is 54.9 Å². The van der Waals surface area contributed by atoms with E-state index in [1.165, 1.54) is 0 Å². The Balaban J connectivity index is 1.58. The number of rotatable bonds is 8. The second-order valence-electron chi connectivity index (χ2n) is 8.93. The third-order valence-corrected chi connectivity index (χ3v) is 5.94. The van der Waals surface area contributed by atoms with Crippen LogP contribution in [0.3, 0.4) is 0 Å². The molecule has 0 unspecified atom stereocenters. The van der Waals surface area contributed by atoms with Gasteiger partial charge in [-0.05, 0) is 23.1 Å². The molecule has 3 aromatic rings. The average molecular weight is 462 g/mol. The van der Waals surface area contributed by atoms with Gasteiger partial charge in [-0.3, -0.25) is 19.3 Å². The number of pyridine rings is 1. The molecular weight excluding hydrogens is 430 g/mol. The van der Waals surface area contributed by atoms with E-state index >= 15 is 0 Å². The van der Waals surface area contributed by atoms with Crippen molar-refractivity contribution >= 4 is 11.8 Å². The fourth-order valence-corrected chi connectivity index (χ4v) is 4.30. The number of methoxy groups -OCH3 is 1. The Hall–Kier alpha value is -3.52. The number of amides is 2. The fourth-order valence-electron chi connectivity index (χ4n) is 4.30. The van der Waals surface area contributed by atoms with Crippen LogP contribution in [0.25, 0.3) is 0 Å². The Kier molecular flexibility index (Phi) is 7.37. The van der Waals surface area contributed by atoms with Gasteiger partial charge in [0.1, 0.15) is 0 Å². The highest BCUT2D eigenvalue weighted by Gasteiger charge is 2.33. The van der Waals surface area contributed by atoms with E-state index in [0.29, 0.717) is 37.7 Å². The molecule has 0 saturated carbocycles. The summed E-state index contributed by atoms with van der Waals surface area (Å²) in [6, 6.07) is 13.2. The van der Waals surface area contributed by atoms with Gasteiger partial charge in [-0.1, -0.05) is 50.2 Å². The summed E-state index contributed by atoms with van der Waals surface area (Å²) in [5.74, 6) is 0.0202. The van der Waals surface area contributed by atoms with Gasteiger partial charge in [0.25, 0.3) is 11.8 Å².